The van der Waals surface area contributed by atoms with Crippen LogP contribution < -0.4 is 10.2 Å². The van der Waals surface area contributed by atoms with Gasteiger partial charge in [0.25, 0.3) is 0 Å². The van der Waals surface area contributed by atoms with Crippen LogP contribution in [0, 0.1) is 33.6 Å². The molecule has 0 radical (unpaired) electrons. The SMILES string of the molecule is Cc1nn(-c2ccccc2)c(C)c1CNC(=O)C1CCN(c2ncnc3sc(C)c(C)c23)CC1. The average molecular weight is 475 g/mol. The van der Waals surface area contributed by atoms with E-state index in [2.05, 4.69) is 41.0 Å². The molecule has 1 aliphatic heterocycles. The second kappa shape index (κ2) is 9.18. The van der Waals surface area contributed by atoms with Crippen molar-refractivity contribution in [1.82, 2.24) is 25.1 Å². The van der Waals surface area contributed by atoms with Crippen molar-refractivity contribution in [3.63, 3.8) is 0 Å². The molecular weight excluding hydrogens is 444 g/mol. The number of aromatic nitrogens is 4. The first-order valence-corrected chi connectivity index (χ1v) is 12.6. The normalized spacial score (nSPS) is 14.6. The van der Waals surface area contributed by atoms with Crippen molar-refractivity contribution < 1.29 is 4.79 Å². The monoisotopic (exact) mass is 474 g/mol. The highest BCUT2D eigenvalue weighted by Gasteiger charge is 2.27. The zero-order valence-corrected chi connectivity index (χ0v) is 20.9. The Morgan fingerprint density at radius 3 is 2.56 bits per heavy atom. The van der Waals surface area contributed by atoms with Gasteiger partial charge < -0.3 is 10.2 Å². The molecule has 0 spiro atoms. The lowest BCUT2D eigenvalue weighted by molar-refractivity contribution is -0.125. The van der Waals surface area contributed by atoms with E-state index < -0.39 is 0 Å². The molecule has 0 aliphatic carbocycles. The fraction of sp³-hybridized carbons (Fsp3) is 0.385. The first-order chi connectivity index (χ1) is 16.4. The standard InChI is InChI=1S/C26H30N6OS/c1-16-19(4)34-26-23(16)24(28-15-29-26)31-12-10-20(11-13-31)25(33)27-14-22-17(2)30-32(18(22)3)21-8-6-5-7-9-21/h5-9,15,20H,10-14H2,1-4H3,(H,27,33). The number of carbonyl (C=O) groups is 1. The number of nitrogens with one attached hydrogen (secondary N) is 1. The van der Waals surface area contributed by atoms with E-state index >= 15 is 0 Å². The number of para-hydroxylation sites is 1. The molecule has 7 nitrogen and oxygen atoms in total. The first-order valence-electron chi connectivity index (χ1n) is 11.8. The van der Waals surface area contributed by atoms with Gasteiger partial charge in [0, 0.05) is 41.7 Å². The smallest absolute Gasteiger partial charge is 0.223 e. The lowest BCUT2D eigenvalue weighted by Crippen LogP contribution is -2.40. The number of piperidine rings is 1. The van der Waals surface area contributed by atoms with Crippen LogP contribution in [0.15, 0.2) is 36.7 Å². The third kappa shape index (κ3) is 4.07. The van der Waals surface area contributed by atoms with Crippen LogP contribution in [0.2, 0.25) is 0 Å². The Labute approximate surface area is 203 Å². The van der Waals surface area contributed by atoms with Crippen LogP contribution in [-0.2, 0) is 11.3 Å². The molecule has 176 valence electrons. The number of rotatable bonds is 5. The number of hydrogen-bond donors (Lipinski definition) is 1. The Bertz CT molecular complexity index is 1330. The molecule has 0 bridgehead atoms. The molecule has 1 amide bonds. The molecule has 34 heavy (non-hydrogen) atoms. The number of fused-ring (bicyclic) bond motifs is 1. The number of nitrogens with zero attached hydrogens (tertiary/aromatic N) is 5. The van der Waals surface area contributed by atoms with Gasteiger partial charge in [0.1, 0.15) is 17.0 Å². The molecule has 5 rings (SSSR count). The molecule has 0 unspecified atom stereocenters. The van der Waals surface area contributed by atoms with Crippen molar-refractivity contribution in [2.45, 2.75) is 47.1 Å². The van der Waals surface area contributed by atoms with E-state index in [1.54, 1.807) is 17.7 Å². The fourth-order valence-electron chi connectivity index (χ4n) is 4.83. The van der Waals surface area contributed by atoms with Gasteiger partial charge in [-0.15, -0.1) is 11.3 Å². The molecule has 0 saturated carbocycles. The highest BCUT2D eigenvalue weighted by molar-refractivity contribution is 7.18. The minimum Gasteiger partial charge on any atom is -0.356 e. The number of benzene rings is 1. The van der Waals surface area contributed by atoms with Crippen molar-refractivity contribution in [1.29, 1.82) is 0 Å². The maximum Gasteiger partial charge on any atom is 0.223 e. The van der Waals surface area contributed by atoms with Crippen LogP contribution in [0.4, 0.5) is 5.82 Å². The number of aryl methyl sites for hydroxylation is 3. The highest BCUT2D eigenvalue weighted by Crippen LogP contribution is 2.35. The van der Waals surface area contributed by atoms with Crippen LogP contribution in [0.5, 0.6) is 0 Å². The molecule has 4 aromatic rings. The molecule has 1 aliphatic rings. The van der Waals surface area contributed by atoms with Crippen molar-refractivity contribution in [2.24, 2.45) is 5.92 Å². The molecule has 3 aromatic heterocycles. The molecule has 8 heteroatoms. The van der Waals surface area contributed by atoms with E-state index in [9.17, 15) is 4.79 Å². The molecule has 1 saturated heterocycles. The van der Waals surface area contributed by atoms with Gasteiger partial charge in [0.15, 0.2) is 0 Å². The van der Waals surface area contributed by atoms with Crippen LogP contribution in [0.1, 0.15) is 40.2 Å². The summed E-state index contributed by atoms with van der Waals surface area (Å²) >= 11 is 1.72. The van der Waals surface area contributed by atoms with Gasteiger partial charge in [-0.3, -0.25) is 4.79 Å². The minimum atomic E-state index is 0.0173. The van der Waals surface area contributed by atoms with Crippen LogP contribution in [0.25, 0.3) is 15.9 Å². The summed E-state index contributed by atoms with van der Waals surface area (Å²) in [6.45, 7) is 10.5. The molecule has 1 fully saturated rings. The Balaban J connectivity index is 1.23. The quantitative estimate of drug-likeness (QED) is 0.456. The molecule has 0 atom stereocenters. The summed E-state index contributed by atoms with van der Waals surface area (Å²) in [4.78, 5) is 26.7. The zero-order chi connectivity index (χ0) is 23.8. The number of anilines is 1. The summed E-state index contributed by atoms with van der Waals surface area (Å²) in [5.41, 5.74) is 5.39. The number of carbonyl (C=O) groups excluding carboxylic acids is 1. The largest absolute Gasteiger partial charge is 0.356 e. The Morgan fingerprint density at radius 2 is 1.82 bits per heavy atom. The molecular formula is C26H30N6OS. The number of thiophene rings is 1. The van der Waals surface area contributed by atoms with Gasteiger partial charge in [-0.1, -0.05) is 18.2 Å². The predicted octanol–water partition coefficient (Wildman–Crippen LogP) is 4.64. The van der Waals surface area contributed by atoms with E-state index in [0.717, 1.165) is 64.6 Å². The fourth-order valence-corrected chi connectivity index (χ4v) is 5.82. The van der Waals surface area contributed by atoms with Crippen molar-refractivity contribution in [2.75, 3.05) is 18.0 Å². The Morgan fingerprint density at radius 1 is 1.09 bits per heavy atom. The van der Waals surface area contributed by atoms with Crippen molar-refractivity contribution in [3.05, 3.63) is 64.1 Å². The molecule has 1 N–H and O–H groups in total. The highest BCUT2D eigenvalue weighted by atomic mass is 32.1. The Kier molecular flexibility index (Phi) is 6.08. The van der Waals surface area contributed by atoms with Crippen LogP contribution in [0.3, 0.4) is 0 Å². The van der Waals surface area contributed by atoms with E-state index in [1.807, 2.05) is 41.9 Å². The van der Waals surface area contributed by atoms with Crippen LogP contribution >= 0.6 is 11.3 Å². The van der Waals surface area contributed by atoms with Crippen LogP contribution in [-0.4, -0.2) is 38.7 Å². The molecule has 4 heterocycles. The second-order valence-electron chi connectivity index (χ2n) is 9.04. The summed E-state index contributed by atoms with van der Waals surface area (Å²) in [6.07, 6.45) is 3.30. The van der Waals surface area contributed by atoms with Gasteiger partial charge in [0.05, 0.1) is 16.8 Å². The second-order valence-corrected chi connectivity index (χ2v) is 10.2. The molecule has 1 aromatic carbocycles. The number of amides is 1. The van der Waals surface area contributed by atoms with Gasteiger partial charge in [-0.25, -0.2) is 14.6 Å². The topological polar surface area (TPSA) is 75.9 Å². The summed E-state index contributed by atoms with van der Waals surface area (Å²) in [5, 5.41) is 9.03. The maximum atomic E-state index is 13.0. The van der Waals surface area contributed by atoms with E-state index in [4.69, 9.17) is 5.10 Å². The van der Waals surface area contributed by atoms with Gasteiger partial charge in [-0.05, 0) is 58.2 Å². The Hall–Kier alpha value is -3.26. The van der Waals surface area contributed by atoms with Gasteiger partial charge in [-0.2, -0.15) is 5.10 Å². The summed E-state index contributed by atoms with van der Waals surface area (Å²) in [6, 6.07) is 10.1. The summed E-state index contributed by atoms with van der Waals surface area (Å²) in [7, 11) is 0. The summed E-state index contributed by atoms with van der Waals surface area (Å²) in [5.74, 6) is 1.15. The van der Waals surface area contributed by atoms with E-state index in [0.29, 0.717) is 6.54 Å². The average Bonchev–Trinajstić information content (AvgIpc) is 3.32. The van der Waals surface area contributed by atoms with Crippen molar-refractivity contribution >= 4 is 33.3 Å². The van der Waals surface area contributed by atoms with Crippen molar-refractivity contribution in [3.8, 4) is 5.69 Å². The van der Waals surface area contributed by atoms with Gasteiger partial charge in [0.2, 0.25) is 5.91 Å². The zero-order valence-electron chi connectivity index (χ0n) is 20.1. The first kappa shape index (κ1) is 22.5. The predicted molar refractivity (Wildman–Crippen MR) is 137 cm³/mol. The minimum absolute atomic E-state index is 0.0173. The van der Waals surface area contributed by atoms with E-state index in [1.165, 1.54) is 10.4 Å². The number of hydrogen-bond acceptors (Lipinski definition) is 6. The van der Waals surface area contributed by atoms with E-state index in [-0.39, 0.29) is 11.8 Å². The third-order valence-corrected chi connectivity index (χ3v) is 8.11. The lowest BCUT2D eigenvalue weighted by atomic mass is 9.95. The third-order valence-electron chi connectivity index (χ3n) is 6.99. The summed E-state index contributed by atoms with van der Waals surface area (Å²) < 4.78 is 1.95. The maximum absolute atomic E-state index is 13.0. The van der Waals surface area contributed by atoms with Gasteiger partial charge >= 0.3 is 0 Å². The lowest BCUT2D eigenvalue weighted by Gasteiger charge is -2.32.